The predicted molar refractivity (Wildman–Crippen MR) is 83.3 cm³/mol. The van der Waals surface area contributed by atoms with Crippen LogP contribution in [0.4, 0.5) is 4.79 Å². The minimum atomic E-state index is -0.874. The molecule has 0 bridgehead atoms. The number of unbranched alkanes of at least 4 members (excludes halogenated alkanes) is 2. The minimum Gasteiger partial charge on any atom is -0.480 e. The molecule has 1 heterocycles. The highest BCUT2D eigenvalue weighted by molar-refractivity contribution is 5.83. The topological polar surface area (TPSA) is 60.9 Å². The molecule has 0 aromatic rings. The SMILES string of the molecule is CCCCN(CCCC)C(=O)N1CCCC(C)C1C(=O)O. The summed E-state index contributed by atoms with van der Waals surface area (Å²) in [6, 6.07) is -0.757. The quantitative estimate of drug-likeness (QED) is 0.785. The molecule has 1 fully saturated rings. The van der Waals surface area contributed by atoms with Crippen LogP contribution in [0.25, 0.3) is 0 Å². The van der Waals surface area contributed by atoms with Gasteiger partial charge in [-0.25, -0.2) is 9.59 Å². The van der Waals surface area contributed by atoms with Gasteiger partial charge in [0.2, 0.25) is 0 Å². The van der Waals surface area contributed by atoms with Gasteiger partial charge in [-0.1, -0.05) is 33.6 Å². The summed E-state index contributed by atoms with van der Waals surface area (Å²) in [6.07, 6.45) is 5.78. The molecular weight excluding hydrogens is 268 g/mol. The van der Waals surface area contributed by atoms with Gasteiger partial charge in [0.1, 0.15) is 6.04 Å². The number of aliphatic carboxylic acids is 1. The number of hydrogen-bond acceptors (Lipinski definition) is 2. The molecule has 1 aliphatic rings. The summed E-state index contributed by atoms with van der Waals surface area (Å²) in [5.74, 6) is -0.846. The maximum atomic E-state index is 12.8. The third-order valence-corrected chi connectivity index (χ3v) is 4.27. The first-order valence-corrected chi connectivity index (χ1v) is 8.31. The molecule has 0 aliphatic carbocycles. The number of carboxylic acid groups (broad SMARTS) is 1. The molecule has 122 valence electrons. The van der Waals surface area contributed by atoms with Crippen LogP contribution >= 0.6 is 0 Å². The van der Waals surface area contributed by atoms with Gasteiger partial charge >= 0.3 is 12.0 Å². The first kappa shape index (κ1) is 17.8. The molecule has 0 aromatic carbocycles. The highest BCUT2D eigenvalue weighted by atomic mass is 16.4. The Morgan fingerprint density at radius 2 is 1.76 bits per heavy atom. The average Bonchev–Trinajstić information content (AvgIpc) is 2.46. The number of rotatable bonds is 7. The van der Waals surface area contributed by atoms with E-state index in [4.69, 9.17) is 0 Å². The number of carbonyl (C=O) groups is 2. The molecule has 0 spiro atoms. The summed E-state index contributed by atoms with van der Waals surface area (Å²) < 4.78 is 0. The number of urea groups is 1. The van der Waals surface area contributed by atoms with Crippen molar-refractivity contribution in [2.45, 2.75) is 65.3 Å². The molecule has 1 N–H and O–H groups in total. The molecule has 2 amide bonds. The van der Waals surface area contributed by atoms with E-state index in [0.717, 1.165) is 51.6 Å². The lowest BCUT2D eigenvalue weighted by Crippen LogP contribution is -2.56. The number of piperidine rings is 1. The van der Waals surface area contributed by atoms with Crippen molar-refractivity contribution >= 4 is 12.0 Å². The Balaban J connectivity index is 2.80. The fraction of sp³-hybridized carbons (Fsp3) is 0.875. The van der Waals surface area contributed by atoms with Crippen molar-refractivity contribution in [3.05, 3.63) is 0 Å². The van der Waals surface area contributed by atoms with Gasteiger partial charge in [0.05, 0.1) is 0 Å². The monoisotopic (exact) mass is 298 g/mol. The van der Waals surface area contributed by atoms with E-state index < -0.39 is 12.0 Å². The number of carbonyl (C=O) groups excluding carboxylic acids is 1. The molecular formula is C16H30N2O3. The molecule has 0 saturated carbocycles. The summed E-state index contributed by atoms with van der Waals surface area (Å²) >= 11 is 0. The van der Waals surface area contributed by atoms with Crippen LogP contribution in [-0.2, 0) is 4.79 Å². The second-order valence-electron chi connectivity index (χ2n) is 6.07. The van der Waals surface area contributed by atoms with Gasteiger partial charge in [0.25, 0.3) is 0 Å². The number of likely N-dealkylation sites (tertiary alicyclic amines) is 1. The lowest BCUT2D eigenvalue weighted by molar-refractivity contribution is -0.145. The summed E-state index contributed by atoms with van der Waals surface area (Å²) in [4.78, 5) is 27.7. The minimum absolute atomic E-state index is 0.0272. The zero-order valence-corrected chi connectivity index (χ0v) is 13.7. The highest BCUT2D eigenvalue weighted by Gasteiger charge is 2.38. The smallest absolute Gasteiger partial charge is 0.326 e. The van der Waals surface area contributed by atoms with Crippen molar-refractivity contribution in [3.63, 3.8) is 0 Å². The zero-order chi connectivity index (χ0) is 15.8. The van der Waals surface area contributed by atoms with Crippen molar-refractivity contribution in [2.75, 3.05) is 19.6 Å². The van der Waals surface area contributed by atoms with Crippen LogP contribution in [0.3, 0.4) is 0 Å². The van der Waals surface area contributed by atoms with E-state index in [9.17, 15) is 14.7 Å². The summed E-state index contributed by atoms with van der Waals surface area (Å²) in [6.45, 7) is 8.16. The molecule has 5 nitrogen and oxygen atoms in total. The van der Waals surface area contributed by atoms with Crippen LogP contribution in [0, 0.1) is 5.92 Å². The third kappa shape index (κ3) is 4.90. The second-order valence-corrected chi connectivity index (χ2v) is 6.07. The predicted octanol–water partition coefficient (Wildman–Crippen LogP) is 3.19. The first-order chi connectivity index (χ1) is 10.0. The largest absolute Gasteiger partial charge is 0.480 e. The van der Waals surface area contributed by atoms with Gasteiger partial charge in [-0.05, 0) is 31.6 Å². The van der Waals surface area contributed by atoms with E-state index in [0.29, 0.717) is 6.54 Å². The number of nitrogens with zero attached hydrogens (tertiary/aromatic N) is 2. The maximum absolute atomic E-state index is 12.8. The second kappa shape index (κ2) is 8.90. The van der Waals surface area contributed by atoms with Gasteiger partial charge in [0.15, 0.2) is 0 Å². The van der Waals surface area contributed by atoms with E-state index in [1.807, 2.05) is 11.8 Å². The van der Waals surface area contributed by atoms with Crippen molar-refractivity contribution in [2.24, 2.45) is 5.92 Å². The Kier molecular flexibility index (Phi) is 7.54. The van der Waals surface area contributed by atoms with Gasteiger partial charge in [0, 0.05) is 19.6 Å². The van der Waals surface area contributed by atoms with Crippen LogP contribution in [0.5, 0.6) is 0 Å². The van der Waals surface area contributed by atoms with Gasteiger partial charge < -0.3 is 14.9 Å². The zero-order valence-electron chi connectivity index (χ0n) is 13.7. The first-order valence-electron chi connectivity index (χ1n) is 8.31. The van der Waals surface area contributed by atoms with Gasteiger partial charge in [-0.2, -0.15) is 0 Å². The van der Waals surface area contributed by atoms with E-state index in [1.54, 1.807) is 4.90 Å². The molecule has 1 rings (SSSR count). The Morgan fingerprint density at radius 3 is 2.24 bits per heavy atom. The standard InChI is InChI=1S/C16H30N2O3/c1-4-6-10-17(11-7-5-2)16(21)18-12-8-9-13(3)14(18)15(19)20/h13-14H,4-12H2,1-3H3,(H,19,20). The normalized spacial score (nSPS) is 22.1. The van der Waals surface area contributed by atoms with Crippen molar-refractivity contribution in [1.82, 2.24) is 9.80 Å². The van der Waals surface area contributed by atoms with E-state index in [-0.39, 0.29) is 11.9 Å². The van der Waals surface area contributed by atoms with E-state index in [2.05, 4.69) is 13.8 Å². The van der Waals surface area contributed by atoms with Gasteiger partial charge in [-0.3, -0.25) is 0 Å². The van der Waals surface area contributed by atoms with Gasteiger partial charge in [-0.15, -0.1) is 0 Å². The van der Waals surface area contributed by atoms with Crippen LogP contribution in [0.1, 0.15) is 59.3 Å². The highest BCUT2D eigenvalue weighted by Crippen LogP contribution is 2.25. The maximum Gasteiger partial charge on any atom is 0.326 e. The third-order valence-electron chi connectivity index (χ3n) is 4.27. The number of amides is 2. The fourth-order valence-electron chi connectivity index (χ4n) is 2.96. The fourth-order valence-corrected chi connectivity index (χ4v) is 2.96. The molecule has 2 atom stereocenters. The van der Waals surface area contributed by atoms with Crippen LogP contribution in [-0.4, -0.2) is 52.6 Å². The number of carboxylic acids is 1. The lowest BCUT2D eigenvalue weighted by atomic mass is 9.91. The summed E-state index contributed by atoms with van der Waals surface area (Å²) in [7, 11) is 0. The van der Waals surface area contributed by atoms with Crippen molar-refractivity contribution in [3.8, 4) is 0 Å². The summed E-state index contributed by atoms with van der Waals surface area (Å²) in [5, 5.41) is 9.45. The molecule has 2 unspecified atom stereocenters. The van der Waals surface area contributed by atoms with Crippen LogP contribution in [0.2, 0.25) is 0 Å². The average molecular weight is 298 g/mol. The molecule has 5 heteroatoms. The summed E-state index contributed by atoms with van der Waals surface area (Å²) in [5.41, 5.74) is 0. The Hall–Kier alpha value is -1.26. The van der Waals surface area contributed by atoms with E-state index in [1.165, 1.54) is 0 Å². The Bertz CT molecular complexity index is 338. The number of hydrogen-bond donors (Lipinski definition) is 1. The molecule has 21 heavy (non-hydrogen) atoms. The van der Waals surface area contributed by atoms with Crippen molar-refractivity contribution < 1.29 is 14.7 Å². The molecule has 1 aliphatic heterocycles. The Labute approximate surface area is 128 Å². The molecule has 0 radical (unpaired) electrons. The van der Waals surface area contributed by atoms with Crippen molar-refractivity contribution in [1.29, 1.82) is 0 Å². The van der Waals surface area contributed by atoms with E-state index >= 15 is 0 Å². The van der Waals surface area contributed by atoms with Crippen LogP contribution in [0.15, 0.2) is 0 Å². The Morgan fingerprint density at radius 1 is 1.19 bits per heavy atom. The molecule has 1 saturated heterocycles. The molecule has 0 aromatic heterocycles. The van der Waals surface area contributed by atoms with Crippen LogP contribution < -0.4 is 0 Å². The lowest BCUT2D eigenvalue weighted by Gasteiger charge is -2.40.